The Bertz CT molecular complexity index is 877. The van der Waals surface area contributed by atoms with Crippen LogP contribution in [0, 0.1) is 0 Å². The summed E-state index contributed by atoms with van der Waals surface area (Å²) >= 11 is 0. The van der Waals surface area contributed by atoms with Gasteiger partial charge in [-0.2, -0.15) is 0 Å². The highest BCUT2D eigenvalue weighted by Gasteiger charge is 2.20. The Balaban J connectivity index is 3.50. The van der Waals surface area contributed by atoms with Crippen LogP contribution in [0.5, 0.6) is 0 Å². The van der Waals surface area contributed by atoms with Crippen molar-refractivity contribution in [3.05, 3.63) is 48.6 Å². The minimum Gasteiger partial charge on any atom is -0.394 e. The fourth-order valence-electron chi connectivity index (χ4n) is 7.41. The second-order valence-corrected chi connectivity index (χ2v) is 16.5. The van der Waals surface area contributed by atoms with Gasteiger partial charge >= 0.3 is 0 Å². The van der Waals surface area contributed by atoms with Crippen molar-refractivity contribution in [2.75, 3.05) is 6.61 Å². The summed E-state index contributed by atoms with van der Waals surface area (Å²) in [5.74, 6) is -0.0330. The van der Waals surface area contributed by atoms with E-state index in [0.29, 0.717) is 12.8 Å². The van der Waals surface area contributed by atoms with Crippen molar-refractivity contribution < 1.29 is 15.0 Å². The molecule has 3 N–H and O–H groups in total. The topological polar surface area (TPSA) is 69.6 Å². The lowest BCUT2D eigenvalue weighted by Gasteiger charge is -2.22. The molecule has 0 aromatic carbocycles. The minimum absolute atomic E-state index is 0.0330. The molecule has 55 heavy (non-hydrogen) atoms. The number of unbranched alkanes of at least 4 members (excludes halogenated alkanes) is 29. The third-order valence-electron chi connectivity index (χ3n) is 11.1. The van der Waals surface area contributed by atoms with Crippen LogP contribution in [0.4, 0.5) is 0 Å². The Morgan fingerprint density at radius 3 is 1.20 bits per heavy atom. The molecule has 2 unspecified atom stereocenters. The van der Waals surface area contributed by atoms with Gasteiger partial charge in [0.25, 0.3) is 0 Å². The van der Waals surface area contributed by atoms with Crippen molar-refractivity contribution in [3.63, 3.8) is 0 Å². The summed E-state index contributed by atoms with van der Waals surface area (Å²) in [7, 11) is 0. The van der Waals surface area contributed by atoms with Crippen LogP contribution in [-0.4, -0.2) is 34.9 Å². The summed E-state index contributed by atoms with van der Waals surface area (Å²) in [6, 6.07) is -0.538. The van der Waals surface area contributed by atoms with Gasteiger partial charge in [0.2, 0.25) is 5.91 Å². The molecular formula is C51H95NO3. The largest absolute Gasteiger partial charge is 0.394 e. The summed E-state index contributed by atoms with van der Waals surface area (Å²) in [5, 5.41) is 23.3. The fourth-order valence-corrected chi connectivity index (χ4v) is 7.41. The maximum atomic E-state index is 12.4. The number of amides is 1. The van der Waals surface area contributed by atoms with Crippen LogP contribution in [-0.2, 0) is 4.79 Å². The molecule has 0 rings (SSSR count). The van der Waals surface area contributed by atoms with Gasteiger partial charge in [0, 0.05) is 6.42 Å². The standard InChI is InChI=1S/C51H95NO3/c1-3-5-7-9-11-13-15-17-19-21-23-24-25-26-27-28-29-31-33-35-37-39-41-43-45-47-51(55)52-49(48-53)50(54)46-44-42-40-38-36-34-32-30-22-20-18-16-14-12-10-8-6-4-2/h5,7,11,13,17,19,23-24,49-50,53-54H,3-4,6,8-10,12,14-16,18,20-22,25-48H2,1-2H3,(H,52,55)/b7-5-,13-11-,19-17-,24-23-. The van der Waals surface area contributed by atoms with E-state index in [4.69, 9.17) is 0 Å². The Morgan fingerprint density at radius 1 is 0.455 bits per heavy atom. The average Bonchev–Trinajstić information content (AvgIpc) is 3.19. The molecule has 4 heteroatoms. The molecule has 0 aliphatic carbocycles. The fraction of sp³-hybridized carbons (Fsp3) is 0.824. The van der Waals surface area contributed by atoms with E-state index in [2.05, 4.69) is 67.8 Å². The molecule has 0 saturated heterocycles. The van der Waals surface area contributed by atoms with Gasteiger partial charge in [-0.05, 0) is 51.4 Å². The van der Waals surface area contributed by atoms with Gasteiger partial charge in [0.1, 0.15) is 0 Å². The number of nitrogens with one attached hydrogen (secondary N) is 1. The van der Waals surface area contributed by atoms with E-state index in [0.717, 1.165) is 51.4 Å². The number of hydrogen-bond donors (Lipinski definition) is 3. The van der Waals surface area contributed by atoms with Crippen molar-refractivity contribution in [3.8, 4) is 0 Å². The lowest BCUT2D eigenvalue weighted by Crippen LogP contribution is -2.45. The summed E-state index contributed by atoms with van der Waals surface area (Å²) in [6.07, 6.45) is 63.4. The van der Waals surface area contributed by atoms with Gasteiger partial charge in [0.05, 0.1) is 18.8 Å². The molecule has 0 radical (unpaired) electrons. The summed E-state index contributed by atoms with van der Waals surface area (Å²) in [5.41, 5.74) is 0. The number of allylic oxidation sites excluding steroid dienone is 8. The first-order valence-electron chi connectivity index (χ1n) is 24.3. The van der Waals surface area contributed by atoms with Gasteiger partial charge in [-0.25, -0.2) is 0 Å². The Morgan fingerprint density at radius 2 is 0.800 bits per heavy atom. The lowest BCUT2D eigenvalue weighted by atomic mass is 10.0. The normalized spacial score (nSPS) is 13.3. The zero-order valence-corrected chi connectivity index (χ0v) is 36.9. The minimum atomic E-state index is -0.661. The average molecular weight is 770 g/mol. The SMILES string of the molecule is CC/C=C\C/C=C\C/C=C\C/C=C\CCCCCCCCCCCCCCC(=O)NC(CO)C(O)CCCCCCCCCCCCCCCCCCCC. The monoisotopic (exact) mass is 770 g/mol. The van der Waals surface area contributed by atoms with E-state index in [1.54, 1.807) is 0 Å². The number of carbonyl (C=O) groups is 1. The Labute approximate surface area is 344 Å². The van der Waals surface area contributed by atoms with Crippen LogP contribution < -0.4 is 5.32 Å². The Kier molecular flexibility index (Phi) is 45.3. The second-order valence-electron chi connectivity index (χ2n) is 16.5. The van der Waals surface area contributed by atoms with Crippen LogP contribution in [0.15, 0.2) is 48.6 Å². The van der Waals surface area contributed by atoms with E-state index < -0.39 is 12.1 Å². The third-order valence-corrected chi connectivity index (χ3v) is 11.1. The van der Waals surface area contributed by atoms with Crippen LogP contribution >= 0.6 is 0 Å². The maximum Gasteiger partial charge on any atom is 0.220 e. The van der Waals surface area contributed by atoms with Crippen molar-refractivity contribution in [1.82, 2.24) is 5.32 Å². The first kappa shape index (κ1) is 53.4. The van der Waals surface area contributed by atoms with Gasteiger partial charge in [0.15, 0.2) is 0 Å². The van der Waals surface area contributed by atoms with E-state index in [1.165, 1.54) is 173 Å². The highest BCUT2D eigenvalue weighted by atomic mass is 16.3. The summed E-state index contributed by atoms with van der Waals surface area (Å²) in [6.45, 7) is 4.26. The zero-order chi connectivity index (χ0) is 40.0. The molecule has 0 aromatic rings. The number of aliphatic hydroxyl groups excluding tert-OH is 2. The Hall–Kier alpha value is -1.65. The van der Waals surface area contributed by atoms with E-state index in [9.17, 15) is 15.0 Å². The van der Waals surface area contributed by atoms with Gasteiger partial charge < -0.3 is 15.5 Å². The molecule has 0 aliphatic rings. The quantitative estimate of drug-likeness (QED) is 0.0427. The van der Waals surface area contributed by atoms with E-state index >= 15 is 0 Å². The first-order chi connectivity index (χ1) is 27.2. The van der Waals surface area contributed by atoms with Crippen LogP contribution in [0.25, 0.3) is 0 Å². The molecule has 0 heterocycles. The summed E-state index contributed by atoms with van der Waals surface area (Å²) < 4.78 is 0. The van der Waals surface area contributed by atoms with Crippen LogP contribution in [0.2, 0.25) is 0 Å². The molecular weight excluding hydrogens is 675 g/mol. The maximum absolute atomic E-state index is 12.4. The highest BCUT2D eigenvalue weighted by Crippen LogP contribution is 2.16. The number of aliphatic hydroxyl groups is 2. The van der Waals surface area contributed by atoms with E-state index in [1.807, 2.05) is 0 Å². The van der Waals surface area contributed by atoms with E-state index in [-0.39, 0.29) is 12.5 Å². The zero-order valence-electron chi connectivity index (χ0n) is 36.9. The number of hydrogen-bond acceptors (Lipinski definition) is 3. The van der Waals surface area contributed by atoms with Gasteiger partial charge in [-0.15, -0.1) is 0 Å². The molecule has 1 amide bonds. The molecule has 0 saturated carbocycles. The molecule has 0 spiro atoms. The van der Waals surface area contributed by atoms with Crippen molar-refractivity contribution in [2.24, 2.45) is 0 Å². The van der Waals surface area contributed by atoms with Gasteiger partial charge in [-0.3, -0.25) is 4.79 Å². The first-order valence-corrected chi connectivity index (χ1v) is 24.3. The molecule has 322 valence electrons. The van der Waals surface area contributed by atoms with Crippen molar-refractivity contribution in [2.45, 2.75) is 264 Å². The molecule has 0 aliphatic heterocycles. The van der Waals surface area contributed by atoms with Crippen molar-refractivity contribution in [1.29, 1.82) is 0 Å². The molecule has 4 nitrogen and oxygen atoms in total. The molecule has 0 aromatic heterocycles. The molecule has 2 atom stereocenters. The second kappa shape index (κ2) is 46.7. The molecule has 0 bridgehead atoms. The van der Waals surface area contributed by atoms with Gasteiger partial charge in [-0.1, -0.05) is 242 Å². The highest BCUT2D eigenvalue weighted by molar-refractivity contribution is 5.76. The lowest BCUT2D eigenvalue weighted by molar-refractivity contribution is -0.123. The summed E-state index contributed by atoms with van der Waals surface area (Å²) in [4.78, 5) is 12.4. The van der Waals surface area contributed by atoms with Crippen molar-refractivity contribution >= 4 is 5.91 Å². The smallest absolute Gasteiger partial charge is 0.220 e. The third kappa shape index (κ3) is 43.3. The number of carbonyl (C=O) groups excluding carboxylic acids is 1. The number of rotatable bonds is 44. The van der Waals surface area contributed by atoms with Crippen LogP contribution in [0.3, 0.4) is 0 Å². The molecule has 0 fully saturated rings. The predicted molar refractivity (Wildman–Crippen MR) is 244 cm³/mol. The predicted octanol–water partition coefficient (Wildman–Crippen LogP) is 15.5. The van der Waals surface area contributed by atoms with Crippen LogP contribution in [0.1, 0.15) is 251 Å².